The summed E-state index contributed by atoms with van der Waals surface area (Å²) >= 11 is 0. The molecule has 61 valence electrons. The van der Waals surface area contributed by atoms with Gasteiger partial charge in [0, 0.05) is 25.5 Å². The molecule has 0 fully saturated rings. The molecule has 0 aliphatic carbocycles. The van der Waals surface area contributed by atoms with Crippen molar-refractivity contribution in [2.75, 3.05) is 25.5 Å². The van der Waals surface area contributed by atoms with Crippen molar-refractivity contribution in [3.63, 3.8) is 0 Å². The number of aliphatic hydroxyl groups is 2. The molecule has 0 bridgehead atoms. The Morgan fingerprint density at radius 3 is 1.70 bits per heavy atom. The topological polar surface area (TPSA) is 57.5 Å². The van der Waals surface area contributed by atoms with Gasteiger partial charge < -0.3 is 10.2 Å². The van der Waals surface area contributed by atoms with Crippen molar-refractivity contribution < 1.29 is 14.8 Å². The van der Waals surface area contributed by atoms with E-state index in [9.17, 15) is 4.57 Å². The zero-order valence-electron chi connectivity index (χ0n) is 5.99. The predicted molar refractivity (Wildman–Crippen MR) is 40.7 cm³/mol. The summed E-state index contributed by atoms with van der Waals surface area (Å²) in [4.78, 5) is 0. The van der Waals surface area contributed by atoms with E-state index in [1.807, 2.05) is 0 Å². The number of hydrogen-bond acceptors (Lipinski definition) is 3. The molecule has 0 aliphatic heterocycles. The van der Waals surface area contributed by atoms with E-state index in [0.717, 1.165) is 0 Å². The van der Waals surface area contributed by atoms with Gasteiger partial charge in [0.05, 0.1) is 7.80 Å². The third kappa shape index (κ3) is 6.14. The third-order valence-corrected chi connectivity index (χ3v) is 2.76. The second kappa shape index (κ2) is 7.13. The molecular formula is C6H14O3P. The van der Waals surface area contributed by atoms with Crippen LogP contribution in [0.5, 0.6) is 0 Å². The van der Waals surface area contributed by atoms with Gasteiger partial charge in [-0.15, -0.1) is 0 Å². The van der Waals surface area contributed by atoms with Crippen LogP contribution in [0, 0.1) is 0 Å². The van der Waals surface area contributed by atoms with Gasteiger partial charge in [-0.2, -0.15) is 0 Å². The van der Waals surface area contributed by atoms with E-state index in [1.165, 1.54) is 0 Å². The summed E-state index contributed by atoms with van der Waals surface area (Å²) in [5.41, 5.74) is 0. The van der Waals surface area contributed by atoms with Crippen molar-refractivity contribution in [1.82, 2.24) is 0 Å². The van der Waals surface area contributed by atoms with Crippen molar-refractivity contribution in [3.8, 4) is 0 Å². The largest absolute Gasteiger partial charge is 0.396 e. The van der Waals surface area contributed by atoms with E-state index >= 15 is 0 Å². The Bertz CT molecular complexity index is 85.0. The lowest BCUT2D eigenvalue weighted by Gasteiger charge is -1.96. The van der Waals surface area contributed by atoms with Gasteiger partial charge in [0.2, 0.25) is 0 Å². The highest BCUT2D eigenvalue weighted by Crippen LogP contribution is 2.21. The third-order valence-electron chi connectivity index (χ3n) is 1.13. The van der Waals surface area contributed by atoms with E-state index in [0.29, 0.717) is 25.2 Å². The lowest BCUT2D eigenvalue weighted by atomic mass is 10.5. The second-order valence-corrected chi connectivity index (χ2v) is 3.94. The van der Waals surface area contributed by atoms with Gasteiger partial charge in [0.25, 0.3) is 0 Å². The van der Waals surface area contributed by atoms with Crippen LogP contribution in [0.1, 0.15) is 12.8 Å². The molecule has 4 heteroatoms. The SMILES string of the molecule is O=[P](CCCO)CCCO. The normalized spacial score (nSPS) is 9.80. The Kier molecular flexibility index (Phi) is 7.15. The van der Waals surface area contributed by atoms with Crippen molar-refractivity contribution in [3.05, 3.63) is 0 Å². The summed E-state index contributed by atoms with van der Waals surface area (Å²) in [5.74, 6) is 0. The van der Waals surface area contributed by atoms with Gasteiger partial charge in [-0.25, -0.2) is 0 Å². The Morgan fingerprint density at radius 1 is 1.00 bits per heavy atom. The van der Waals surface area contributed by atoms with E-state index in [-0.39, 0.29) is 13.2 Å². The molecule has 0 atom stereocenters. The van der Waals surface area contributed by atoms with Crippen LogP contribution in [0.25, 0.3) is 0 Å². The molecule has 0 aromatic carbocycles. The van der Waals surface area contributed by atoms with Gasteiger partial charge in [-0.3, -0.25) is 4.57 Å². The molecule has 10 heavy (non-hydrogen) atoms. The molecule has 3 nitrogen and oxygen atoms in total. The lowest BCUT2D eigenvalue weighted by molar-refractivity contribution is 0.293. The van der Waals surface area contributed by atoms with Crippen LogP contribution in [0.3, 0.4) is 0 Å². The molecule has 0 aliphatic rings. The van der Waals surface area contributed by atoms with Gasteiger partial charge in [-0.1, -0.05) is 0 Å². The summed E-state index contributed by atoms with van der Waals surface area (Å²) in [7, 11) is -1.16. The number of hydrogen-bond donors (Lipinski definition) is 2. The average molecular weight is 165 g/mol. The first-order valence-electron chi connectivity index (χ1n) is 3.45. The smallest absolute Gasteiger partial charge is 0.0720 e. The minimum Gasteiger partial charge on any atom is -0.396 e. The minimum atomic E-state index is -1.16. The van der Waals surface area contributed by atoms with E-state index in [4.69, 9.17) is 10.2 Å². The first kappa shape index (κ1) is 10.0. The summed E-state index contributed by atoms with van der Waals surface area (Å²) in [6, 6.07) is 0. The maximum absolute atomic E-state index is 10.9. The summed E-state index contributed by atoms with van der Waals surface area (Å²) in [5, 5.41) is 16.7. The van der Waals surface area contributed by atoms with Gasteiger partial charge in [-0.05, 0) is 12.8 Å². The zero-order chi connectivity index (χ0) is 7.82. The maximum atomic E-state index is 10.9. The Balaban J connectivity index is 3.09. The molecule has 0 amide bonds. The van der Waals surface area contributed by atoms with Crippen LogP contribution in [0.2, 0.25) is 0 Å². The fourth-order valence-corrected chi connectivity index (χ4v) is 1.82. The predicted octanol–water partition coefficient (Wildman–Crippen LogP) is 0.579. The summed E-state index contributed by atoms with van der Waals surface area (Å²) in [6.45, 7) is 0.223. The highest BCUT2D eigenvalue weighted by Gasteiger charge is 1.97. The Labute approximate surface area is 61.9 Å². The van der Waals surface area contributed by atoms with Crippen LogP contribution in [0.4, 0.5) is 0 Å². The summed E-state index contributed by atoms with van der Waals surface area (Å²) in [6.07, 6.45) is 2.40. The molecule has 0 unspecified atom stereocenters. The van der Waals surface area contributed by atoms with Crippen molar-refractivity contribution in [1.29, 1.82) is 0 Å². The van der Waals surface area contributed by atoms with Crippen LogP contribution < -0.4 is 0 Å². The zero-order valence-corrected chi connectivity index (χ0v) is 6.89. The molecule has 0 saturated heterocycles. The number of rotatable bonds is 6. The van der Waals surface area contributed by atoms with E-state index in [1.54, 1.807) is 0 Å². The monoisotopic (exact) mass is 165 g/mol. The molecular weight excluding hydrogens is 151 g/mol. The van der Waals surface area contributed by atoms with E-state index in [2.05, 4.69) is 0 Å². The van der Waals surface area contributed by atoms with Gasteiger partial charge >= 0.3 is 0 Å². The molecule has 0 saturated carbocycles. The van der Waals surface area contributed by atoms with Crippen molar-refractivity contribution in [2.24, 2.45) is 0 Å². The molecule has 0 heterocycles. The molecule has 1 radical (unpaired) electrons. The van der Waals surface area contributed by atoms with Gasteiger partial charge in [0.15, 0.2) is 0 Å². The van der Waals surface area contributed by atoms with Gasteiger partial charge in [0.1, 0.15) is 0 Å². The quantitative estimate of drug-likeness (QED) is 0.566. The fourth-order valence-electron chi connectivity index (χ4n) is 0.606. The Hall–Kier alpha value is 0.0200. The van der Waals surface area contributed by atoms with Crippen LogP contribution >= 0.6 is 7.80 Å². The average Bonchev–Trinajstić information content (AvgIpc) is 1.97. The molecule has 0 aromatic heterocycles. The van der Waals surface area contributed by atoms with Crippen molar-refractivity contribution >= 4 is 7.80 Å². The van der Waals surface area contributed by atoms with E-state index < -0.39 is 7.80 Å². The molecule has 0 aromatic rings. The lowest BCUT2D eigenvalue weighted by Crippen LogP contribution is -1.90. The van der Waals surface area contributed by atoms with Crippen molar-refractivity contribution in [2.45, 2.75) is 12.8 Å². The fraction of sp³-hybridized carbons (Fsp3) is 1.00. The molecule has 2 N–H and O–H groups in total. The number of aliphatic hydroxyl groups excluding tert-OH is 2. The highest BCUT2D eigenvalue weighted by atomic mass is 31.1. The minimum absolute atomic E-state index is 0.111. The standard InChI is InChI=1S/C6H14O3P/c7-3-1-5-10(9)6-2-4-8/h7-8H,1-6H2. The highest BCUT2D eigenvalue weighted by molar-refractivity contribution is 7.44. The van der Waals surface area contributed by atoms with Crippen LogP contribution in [-0.2, 0) is 4.57 Å². The van der Waals surface area contributed by atoms with Crippen LogP contribution in [0.15, 0.2) is 0 Å². The second-order valence-electron chi connectivity index (χ2n) is 2.08. The van der Waals surface area contributed by atoms with Crippen LogP contribution in [-0.4, -0.2) is 35.8 Å². The first-order valence-corrected chi connectivity index (χ1v) is 5.08. The maximum Gasteiger partial charge on any atom is 0.0720 e. The summed E-state index contributed by atoms with van der Waals surface area (Å²) < 4.78 is 10.9. The first-order chi connectivity index (χ1) is 4.81. The molecule has 0 spiro atoms. The Morgan fingerprint density at radius 2 is 1.40 bits per heavy atom. The molecule has 0 rings (SSSR count).